The number of para-hydroxylation sites is 1. The average molecular weight is 334 g/mol. The van der Waals surface area contributed by atoms with Crippen LogP contribution in [0, 0.1) is 0 Å². The highest BCUT2D eigenvalue weighted by molar-refractivity contribution is 6.38. The summed E-state index contributed by atoms with van der Waals surface area (Å²) in [5, 5.41) is 8.76. The molecule has 0 radical (unpaired) electrons. The second-order valence-corrected chi connectivity index (χ2v) is 5.99. The van der Waals surface area contributed by atoms with Crippen molar-refractivity contribution in [3.8, 4) is 11.3 Å². The number of aryl methyl sites for hydroxylation is 1. The number of hydrogen-bond donors (Lipinski definition) is 1. The Balaban J connectivity index is 2.05. The van der Waals surface area contributed by atoms with E-state index >= 15 is 0 Å². The van der Waals surface area contributed by atoms with E-state index in [0.29, 0.717) is 5.88 Å². The van der Waals surface area contributed by atoms with Gasteiger partial charge >= 0.3 is 0 Å². The van der Waals surface area contributed by atoms with Crippen molar-refractivity contribution in [3.05, 3.63) is 47.2 Å². The predicted molar refractivity (Wildman–Crippen MR) is 92.6 cm³/mol. The molecule has 1 aromatic carbocycles. The van der Waals surface area contributed by atoms with Gasteiger partial charge < -0.3 is 0 Å². The minimum Gasteiger partial charge on any atom is -0.278 e. The Bertz CT molecular complexity index is 754. The summed E-state index contributed by atoms with van der Waals surface area (Å²) in [6, 6.07) is 9.90. The molecular formula is C17H17Cl2N3. The first kappa shape index (κ1) is 15.3. The first-order valence-corrected chi connectivity index (χ1v) is 8.35. The summed E-state index contributed by atoms with van der Waals surface area (Å²) in [6.45, 7) is 0. The lowest BCUT2D eigenvalue weighted by Crippen LogP contribution is -1.98. The van der Waals surface area contributed by atoms with Crippen LogP contribution in [0.15, 0.2) is 36.5 Å². The van der Waals surface area contributed by atoms with Gasteiger partial charge in [0.15, 0.2) is 0 Å². The van der Waals surface area contributed by atoms with Crippen LogP contribution in [0.1, 0.15) is 25.0 Å². The molecule has 3 rings (SSSR count). The number of hydrogen-bond acceptors (Lipinski definition) is 2. The third-order valence-electron chi connectivity index (χ3n) is 3.72. The van der Waals surface area contributed by atoms with Gasteiger partial charge in [0.2, 0.25) is 0 Å². The zero-order chi connectivity index (χ0) is 15.4. The van der Waals surface area contributed by atoms with Crippen LogP contribution in [0.3, 0.4) is 0 Å². The maximum absolute atomic E-state index is 6.67. The lowest BCUT2D eigenvalue weighted by Gasteiger charge is -2.12. The zero-order valence-electron chi connectivity index (χ0n) is 12.1. The summed E-state index contributed by atoms with van der Waals surface area (Å²) in [6.07, 6.45) is 5.80. The average Bonchev–Trinajstić information content (AvgIpc) is 3.06. The van der Waals surface area contributed by atoms with E-state index in [2.05, 4.69) is 10.2 Å². The molecule has 3 nitrogen and oxygen atoms in total. The second kappa shape index (κ2) is 7.12. The van der Waals surface area contributed by atoms with E-state index in [1.807, 2.05) is 30.3 Å². The molecule has 0 amide bonds. The van der Waals surface area contributed by atoms with Gasteiger partial charge in [-0.05, 0) is 31.4 Å². The van der Waals surface area contributed by atoms with Crippen LogP contribution in [-0.2, 0) is 6.42 Å². The number of unbranched alkanes of at least 4 members (excludes halogenated alkanes) is 2. The number of aromatic amines is 1. The summed E-state index contributed by atoms with van der Waals surface area (Å²) in [5.41, 5.74) is 3.82. The quantitative estimate of drug-likeness (QED) is 0.495. The fourth-order valence-electron chi connectivity index (χ4n) is 2.63. The van der Waals surface area contributed by atoms with Crippen LogP contribution in [0.2, 0.25) is 5.02 Å². The van der Waals surface area contributed by atoms with Crippen molar-refractivity contribution in [1.82, 2.24) is 15.2 Å². The van der Waals surface area contributed by atoms with Gasteiger partial charge in [0.05, 0.1) is 21.9 Å². The maximum Gasteiger partial charge on any atom is 0.0720 e. The number of nitrogens with zero attached hydrogens (tertiary/aromatic N) is 2. The molecule has 0 atom stereocenters. The molecule has 0 fully saturated rings. The Morgan fingerprint density at radius 1 is 1.05 bits per heavy atom. The molecule has 2 heterocycles. The van der Waals surface area contributed by atoms with Gasteiger partial charge in [-0.25, -0.2) is 0 Å². The summed E-state index contributed by atoms with van der Waals surface area (Å²) < 4.78 is 0. The minimum atomic E-state index is 0.708. The van der Waals surface area contributed by atoms with Gasteiger partial charge in [0.1, 0.15) is 0 Å². The third kappa shape index (κ3) is 3.11. The Morgan fingerprint density at radius 3 is 2.68 bits per heavy atom. The summed E-state index contributed by atoms with van der Waals surface area (Å²) in [4.78, 5) is 4.82. The van der Waals surface area contributed by atoms with E-state index in [-0.39, 0.29) is 0 Å². The normalized spacial score (nSPS) is 11.2. The number of benzene rings is 1. The van der Waals surface area contributed by atoms with Crippen molar-refractivity contribution < 1.29 is 0 Å². The van der Waals surface area contributed by atoms with E-state index < -0.39 is 0 Å². The fraction of sp³-hybridized carbons (Fsp3) is 0.294. The van der Waals surface area contributed by atoms with Crippen LogP contribution in [0.5, 0.6) is 0 Å². The maximum atomic E-state index is 6.67. The SMILES string of the molecule is ClCCCCCc1nc2ccccc2c(Cl)c1-c1ccn[nH]1. The standard InChI is InChI=1S/C17H17Cl2N3/c18-10-5-1-2-8-14-16(15-9-11-20-22-15)17(19)12-6-3-4-7-13(12)21-14/h3-4,6-7,9,11H,1-2,5,8,10H2,(H,20,22). The number of halogens is 2. The molecule has 0 aliphatic rings. The van der Waals surface area contributed by atoms with Crippen LogP contribution in [-0.4, -0.2) is 21.1 Å². The molecular weight excluding hydrogens is 317 g/mol. The number of rotatable bonds is 6. The van der Waals surface area contributed by atoms with Gasteiger partial charge in [0.25, 0.3) is 0 Å². The number of aromatic nitrogens is 3. The molecule has 0 aliphatic heterocycles. The van der Waals surface area contributed by atoms with Crippen molar-refractivity contribution in [2.45, 2.75) is 25.7 Å². The second-order valence-electron chi connectivity index (χ2n) is 5.23. The van der Waals surface area contributed by atoms with E-state index in [1.54, 1.807) is 6.20 Å². The van der Waals surface area contributed by atoms with Gasteiger partial charge in [-0.15, -0.1) is 11.6 Å². The molecule has 114 valence electrons. The predicted octanol–water partition coefficient (Wildman–Crippen LogP) is 5.23. The summed E-state index contributed by atoms with van der Waals surface area (Å²) >= 11 is 12.4. The molecule has 22 heavy (non-hydrogen) atoms. The lowest BCUT2D eigenvalue weighted by molar-refractivity contribution is 0.712. The topological polar surface area (TPSA) is 41.6 Å². The molecule has 0 spiro atoms. The first-order valence-electron chi connectivity index (χ1n) is 7.44. The molecule has 0 saturated heterocycles. The van der Waals surface area contributed by atoms with E-state index in [9.17, 15) is 0 Å². The van der Waals surface area contributed by atoms with Gasteiger partial charge in [-0.3, -0.25) is 10.1 Å². The fourth-order valence-corrected chi connectivity index (χ4v) is 3.19. The Hall–Kier alpha value is -1.58. The first-order chi connectivity index (χ1) is 10.8. The molecule has 1 N–H and O–H groups in total. The highest BCUT2D eigenvalue weighted by Crippen LogP contribution is 2.35. The molecule has 0 unspecified atom stereocenters. The Kier molecular flexibility index (Phi) is 4.96. The molecule has 0 aliphatic carbocycles. The van der Waals surface area contributed by atoms with Crippen LogP contribution < -0.4 is 0 Å². The Morgan fingerprint density at radius 2 is 1.91 bits per heavy atom. The van der Waals surface area contributed by atoms with Crippen LogP contribution >= 0.6 is 23.2 Å². The molecule has 0 bridgehead atoms. The van der Waals surface area contributed by atoms with Gasteiger partial charge in [-0.1, -0.05) is 36.2 Å². The summed E-state index contributed by atoms with van der Waals surface area (Å²) in [7, 11) is 0. The van der Waals surface area contributed by atoms with Crippen molar-refractivity contribution in [2.24, 2.45) is 0 Å². The smallest absolute Gasteiger partial charge is 0.0720 e. The Labute approximate surface area is 139 Å². The molecule has 0 saturated carbocycles. The molecule has 5 heteroatoms. The number of nitrogens with one attached hydrogen (secondary N) is 1. The van der Waals surface area contributed by atoms with Crippen LogP contribution in [0.4, 0.5) is 0 Å². The third-order valence-corrected chi connectivity index (χ3v) is 4.38. The molecule has 2 aromatic heterocycles. The van der Waals surface area contributed by atoms with Crippen LogP contribution in [0.25, 0.3) is 22.2 Å². The highest BCUT2D eigenvalue weighted by Gasteiger charge is 2.16. The monoisotopic (exact) mass is 333 g/mol. The molecule has 3 aromatic rings. The number of alkyl halides is 1. The number of pyridine rings is 1. The van der Waals surface area contributed by atoms with Crippen molar-refractivity contribution in [1.29, 1.82) is 0 Å². The van der Waals surface area contributed by atoms with Gasteiger partial charge in [0, 0.05) is 23.0 Å². The number of fused-ring (bicyclic) bond motifs is 1. The van der Waals surface area contributed by atoms with Gasteiger partial charge in [-0.2, -0.15) is 5.10 Å². The summed E-state index contributed by atoms with van der Waals surface area (Å²) in [5.74, 6) is 0.708. The largest absolute Gasteiger partial charge is 0.278 e. The minimum absolute atomic E-state index is 0.708. The lowest BCUT2D eigenvalue weighted by atomic mass is 10.0. The zero-order valence-corrected chi connectivity index (χ0v) is 13.7. The highest BCUT2D eigenvalue weighted by atomic mass is 35.5. The van der Waals surface area contributed by atoms with Crippen molar-refractivity contribution in [2.75, 3.05) is 5.88 Å². The van der Waals surface area contributed by atoms with Crippen molar-refractivity contribution >= 4 is 34.1 Å². The van der Waals surface area contributed by atoms with E-state index in [0.717, 1.165) is 58.6 Å². The van der Waals surface area contributed by atoms with Crippen molar-refractivity contribution in [3.63, 3.8) is 0 Å². The van der Waals surface area contributed by atoms with E-state index in [4.69, 9.17) is 28.2 Å². The van der Waals surface area contributed by atoms with E-state index in [1.165, 1.54) is 0 Å². The number of H-pyrrole nitrogens is 1.